The Morgan fingerprint density at radius 2 is 1.97 bits per heavy atom. The zero-order valence-electron chi connectivity index (χ0n) is 21.8. The van der Waals surface area contributed by atoms with Crippen molar-refractivity contribution >= 4 is 12.1 Å². The second-order valence-corrected chi connectivity index (χ2v) is 9.78. The maximum absolute atomic E-state index is 14.1. The number of likely N-dealkylation sites (tertiary alicyclic amines) is 1. The molecular weight excluding hydrogens is 486 g/mol. The topological polar surface area (TPSA) is 101 Å². The van der Waals surface area contributed by atoms with Crippen molar-refractivity contribution in [2.75, 3.05) is 60.2 Å². The maximum atomic E-state index is 14.1. The third kappa shape index (κ3) is 9.39. The van der Waals surface area contributed by atoms with Crippen molar-refractivity contribution in [3.8, 4) is 0 Å². The van der Waals surface area contributed by atoms with Gasteiger partial charge in [-0.2, -0.15) is 0 Å². The summed E-state index contributed by atoms with van der Waals surface area (Å²) in [7, 11) is 3.13. The Hall–Kier alpha value is -2.50. The van der Waals surface area contributed by atoms with Crippen LogP contribution in [0.15, 0.2) is 18.2 Å². The highest BCUT2D eigenvalue weighted by Gasteiger charge is 2.32. The molecule has 37 heavy (non-hydrogen) atoms. The zero-order chi connectivity index (χ0) is 26.6. The van der Waals surface area contributed by atoms with Crippen LogP contribution in [-0.4, -0.2) is 83.2 Å². The fraction of sp³-hybridized carbons (Fsp3) is 0.692. The van der Waals surface area contributed by atoms with Crippen LogP contribution in [0.2, 0.25) is 0 Å². The van der Waals surface area contributed by atoms with Crippen LogP contribution in [0.4, 0.5) is 18.4 Å². The Morgan fingerprint density at radius 3 is 2.65 bits per heavy atom. The first kappa shape index (κ1) is 29.1. The lowest BCUT2D eigenvalue weighted by Gasteiger charge is -2.38. The molecule has 2 saturated heterocycles. The van der Waals surface area contributed by atoms with Gasteiger partial charge in [-0.05, 0) is 62.8 Å². The number of carbonyl (C=O) groups is 2. The normalized spacial score (nSPS) is 21.7. The van der Waals surface area contributed by atoms with Crippen LogP contribution in [0, 0.1) is 23.5 Å². The highest BCUT2D eigenvalue weighted by atomic mass is 19.1. The number of alkyl carbamates (subject to hydrolysis) is 1. The van der Waals surface area contributed by atoms with E-state index >= 15 is 0 Å². The largest absolute Gasteiger partial charge is 0.453 e. The van der Waals surface area contributed by atoms with E-state index in [4.69, 9.17) is 9.47 Å². The first-order chi connectivity index (χ1) is 17.9. The van der Waals surface area contributed by atoms with E-state index in [0.717, 1.165) is 51.4 Å². The van der Waals surface area contributed by atoms with Crippen molar-refractivity contribution in [2.45, 2.75) is 44.2 Å². The van der Waals surface area contributed by atoms with Crippen LogP contribution in [-0.2, 0) is 14.2 Å². The summed E-state index contributed by atoms with van der Waals surface area (Å²) >= 11 is 0. The van der Waals surface area contributed by atoms with Crippen LogP contribution in [0.3, 0.4) is 0 Å². The van der Waals surface area contributed by atoms with E-state index < -0.39 is 23.8 Å². The van der Waals surface area contributed by atoms with E-state index in [0.29, 0.717) is 31.1 Å². The molecule has 0 saturated carbocycles. The quantitative estimate of drug-likeness (QED) is 0.383. The number of likely N-dealkylation sites (N-methyl/N-ethyl adjacent to an activating group) is 1. The van der Waals surface area contributed by atoms with Gasteiger partial charge >= 0.3 is 12.1 Å². The zero-order valence-corrected chi connectivity index (χ0v) is 21.8. The summed E-state index contributed by atoms with van der Waals surface area (Å²) in [5, 5.41) is 8.87. The van der Waals surface area contributed by atoms with E-state index in [-0.39, 0.29) is 31.1 Å². The second-order valence-electron chi connectivity index (χ2n) is 9.78. The molecule has 3 amide bonds. The molecule has 2 fully saturated rings. The van der Waals surface area contributed by atoms with Crippen molar-refractivity contribution in [3.05, 3.63) is 35.4 Å². The smallest absolute Gasteiger partial charge is 0.406 e. The number of benzene rings is 1. The van der Waals surface area contributed by atoms with Crippen LogP contribution >= 0.6 is 0 Å². The number of carbonyl (C=O) groups excluding carboxylic acids is 2. The third-order valence-corrected chi connectivity index (χ3v) is 6.89. The average Bonchev–Trinajstić information content (AvgIpc) is 2.88. The lowest BCUT2D eigenvalue weighted by Crippen LogP contribution is -2.52. The molecule has 11 heteroatoms. The van der Waals surface area contributed by atoms with Gasteiger partial charge in [-0.15, -0.1) is 0 Å². The molecule has 0 spiro atoms. The molecule has 1 aromatic rings. The molecule has 3 N–H and O–H groups in total. The minimum absolute atomic E-state index is 0.0293. The van der Waals surface area contributed by atoms with Gasteiger partial charge in [0.05, 0.1) is 19.8 Å². The standard InChI is InChI=1S/C26H40F2N4O5/c1-29-15-23(11-18-5-4-9-36-17-18)31-25(33)32-8-3-6-19(16-32)24(37-10-7-30-26(34)35-2)20-12-21(27)14-22(28)13-20/h12-14,18-19,23-24,29H,3-11,15-17H2,1-2H3,(H,30,34)(H,31,33)/t18?,19-,23+,24-/m1/s1. The number of halogens is 2. The van der Waals surface area contributed by atoms with Crippen LogP contribution in [0.5, 0.6) is 0 Å². The van der Waals surface area contributed by atoms with Gasteiger partial charge in [0.1, 0.15) is 11.6 Å². The van der Waals surface area contributed by atoms with Crippen LogP contribution in [0.1, 0.15) is 43.8 Å². The third-order valence-electron chi connectivity index (χ3n) is 6.89. The van der Waals surface area contributed by atoms with Crippen molar-refractivity contribution < 1.29 is 32.6 Å². The Morgan fingerprint density at radius 1 is 1.19 bits per heavy atom. The number of nitrogens with one attached hydrogen (secondary N) is 3. The molecule has 2 aliphatic rings. The molecule has 2 heterocycles. The molecule has 0 bridgehead atoms. The van der Waals surface area contributed by atoms with Crippen LogP contribution in [0.25, 0.3) is 0 Å². The van der Waals surface area contributed by atoms with Gasteiger partial charge in [0.25, 0.3) is 0 Å². The number of ether oxygens (including phenoxy) is 3. The van der Waals surface area contributed by atoms with Crippen molar-refractivity contribution in [1.29, 1.82) is 0 Å². The molecule has 0 aromatic heterocycles. The number of hydrogen-bond donors (Lipinski definition) is 3. The number of urea groups is 1. The number of rotatable bonds is 11. The summed E-state index contributed by atoms with van der Waals surface area (Å²) in [6.45, 7) is 3.44. The molecule has 4 atom stereocenters. The molecule has 9 nitrogen and oxygen atoms in total. The fourth-order valence-electron chi connectivity index (χ4n) is 5.20. The lowest BCUT2D eigenvalue weighted by atomic mass is 9.88. The average molecular weight is 527 g/mol. The van der Waals surface area contributed by atoms with Gasteiger partial charge in [0.2, 0.25) is 0 Å². The van der Waals surface area contributed by atoms with Gasteiger partial charge in [-0.1, -0.05) is 0 Å². The molecule has 0 aliphatic carbocycles. The molecule has 1 unspecified atom stereocenters. The SMILES string of the molecule is CNC[C@H](CC1CCCOC1)NC(=O)N1CCC[C@@H]([C@@H](OCCNC(=O)OC)c2cc(F)cc(F)c2)C1. The Bertz CT molecular complexity index is 851. The van der Waals surface area contributed by atoms with E-state index in [1.165, 1.54) is 19.2 Å². The Labute approximate surface area is 217 Å². The minimum atomic E-state index is -0.691. The Kier molecular flexibility index (Phi) is 11.8. The lowest BCUT2D eigenvalue weighted by molar-refractivity contribution is -0.00905. The molecule has 0 radical (unpaired) electrons. The molecule has 208 valence electrons. The first-order valence-electron chi connectivity index (χ1n) is 13.1. The van der Waals surface area contributed by atoms with Crippen molar-refractivity contribution in [1.82, 2.24) is 20.9 Å². The molecule has 3 rings (SSSR count). The first-order valence-corrected chi connectivity index (χ1v) is 13.1. The summed E-state index contributed by atoms with van der Waals surface area (Å²) in [5.74, 6) is -1.14. The summed E-state index contributed by atoms with van der Waals surface area (Å²) in [5.41, 5.74) is 0.369. The molecular formula is C26H40F2N4O5. The number of nitrogens with zero attached hydrogens (tertiary/aromatic N) is 1. The number of piperidine rings is 1. The summed E-state index contributed by atoms with van der Waals surface area (Å²) in [4.78, 5) is 26.3. The summed E-state index contributed by atoms with van der Waals surface area (Å²) < 4.78 is 44.3. The van der Waals surface area contributed by atoms with Gasteiger partial charge in [-0.3, -0.25) is 0 Å². The number of methoxy groups -OCH3 is 1. The van der Waals surface area contributed by atoms with E-state index in [1.54, 1.807) is 4.90 Å². The summed E-state index contributed by atoms with van der Waals surface area (Å²) in [6.07, 6.45) is 3.21. The predicted octanol–water partition coefficient (Wildman–Crippen LogP) is 3.20. The minimum Gasteiger partial charge on any atom is -0.453 e. The summed E-state index contributed by atoms with van der Waals surface area (Å²) in [6, 6.07) is 3.15. The van der Waals surface area contributed by atoms with Crippen LogP contribution < -0.4 is 16.0 Å². The van der Waals surface area contributed by atoms with E-state index in [9.17, 15) is 18.4 Å². The number of hydrogen-bond acceptors (Lipinski definition) is 6. The van der Waals surface area contributed by atoms with Crippen molar-refractivity contribution in [3.63, 3.8) is 0 Å². The maximum Gasteiger partial charge on any atom is 0.406 e. The van der Waals surface area contributed by atoms with Gasteiger partial charge < -0.3 is 35.1 Å². The fourth-order valence-corrected chi connectivity index (χ4v) is 5.20. The van der Waals surface area contributed by atoms with Crippen molar-refractivity contribution in [2.24, 2.45) is 11.8 Å². The van der Waals surface area contributed by atoms with E-state index in [2.05, 4.69) is 20.7 Å². The molecule has 2 aliphatic heterocycles. The monoisotopic (exact) mass is 526 g/mol. The number of amides is 3. The van der Waals surface area contributed by atoms with Gasteiger partial charge in [0, 0.05) is 57.4 Å². The van der Waals surface area contributed by atoms with E-state index in [1.807, 2.05) is 7.05 Å². The highest BCUT2D eigenvalue weighted by Crippen LogP contribution is 2.34. The Balaban J connectivity index is 1.65. The van der Waals surface area contributed by atoms with Gasteiger partial charge in [0.15, 0.2) is 0 Å². The predicted molar refractivity (Wildman–Crippen MR) is 134 cm³/mol. The van der Waals surface area contributed by atoms with Gasteiger partial charge in [-0.25, -0.2) is 18.4 Å². The highest BCUT2D eigenvalue weighted by molar-refractivity contribution is 5.74. The second kappa shape index (κ2) is 15.0. The molecule has 1 aromatic carbocycles.